The molecule has 1 heterocycles. The fourth-order valence-electron chi connectivity index (χ4n) is 1.49. The van der Waals surface area contributed by atoms with Gasteiger partial charge in [0.15, 0.2) is 0 Å². The van der Waals surface area contributed by atoms with E-state index in [1.807, 2.05) is 6.92 Å². The first-order chi connectivity index (χ1) is 6.77. The summed E-state index contributed by atoms with van der Waals surface area (Å²) in [5.74, 6) is 0.0636. The van der Waals surface area contributed by atoms with E-state index in [2.05, 4.69) is 6.92 Å². The zero-order chi connectivity index (χ0) is 10.4. The van der Waals surface area contributed by atoms with E-state index in [4.69, 9.17) is 9.47 Å². The highest BCUT2D eigenvalue weighted by Crippen LogP contribution is 2.21. The highest BCUT2D eigenvalue weighted by molar-refractivity contribution is 4.69. The van der Waals surface area contributed by atoms with Crippen LogP contribution in [0.2, 0.25) is 0 Å². The number of hydrogen-bond acceptors (Lipinski definition) is 2. The van der Waals surface area contributed by atoms with Crippen LogP contribution >= 0.6 is 0 Å². The largest absolute Gasteiger partial charge is 0.371 e. The van der Waals surface area contributed by atoms with Crippen molar-refractivity contribution < 1.29 is 13.9 Å². The van der Waals surface area contributed by atoms with Crippen LogP contribution in [-0.2, 0) is 9.47 Å². The summed E-state index contributed by atoms with van der Waals surface area (Å²) in [6.07, 6.45) is 3.05. The minimum atomic E-state index is -1.10. The van der Waals surface area contributed by atoms with Crippen LogP contribution in [0.3, 0.4) is 0 Å². The van der Waals surface area contributed by atoms with Crippen LogP contribution in [0.4, 0.5) is 4.39 Å². The maximum Gasteiger partial charge on any atom is 0.201 e. The number of hydrogen-bond donors (Lipinski definition) is 0. The SMILES string of the molecule is CCCCC(CC)C(F)OCC1CO1. The molecule has 1 aliphatic rings. The van der Waals surface area contributed by atoms with Crippen LogP contribution in [0.25, 0.3) is 0 Å². The first kappa shape index (κ1) is 11.9. The molecule has 1 aliphatic heterocycles. The number of alkyl halides is 1. The van der Waals surface area contributed by atoms with Crippen LogP contribution in [-0.4, -0.2) is 25.7 Å². The Bertz CT molecular complexity index is 148. The lowest BCUT2D eigenvalue weighted by Gasteiger charge is -2.19. The predicted octanol–water partition coefficient (Wildman–Crippen LogP) is 2.91. The molecule has 3 heteroatoms. The van der Waals surface area contributed by atoms with Crippen LogP contribution in [0, 0.1) is 5.92 Å². The second kappa shape index (κ2) is 6.36. The number of ether oxygens (including phenoxy) is 2. The fourth-order valence-corrected chi connectivity index (χ4v) is 1.49. The van der Waals surface area contributed by atoms with Gasteiger partial charge in [-0.25, -0.2) is 4.39 Å². The molecular formula is C11H21FO2. The van der Waals surface area contributed by atoms with Gasteiger partial charge in [0.05, 0.1) is 13.2 Å². The molecule has 0 aromatic carbocycles. The normalized spacial score (nSPS) is 24.6. The monoisotopic (exact) mass is 204 g/mol. The van der Waals surface area contributed by atoms with Crippen molar-refractivity contribution in [2.24, 2.45) is 5.92 Å². The Balaban J connectivity index is 2.12. The van der Waals surface area contributed by atoms with Gasteiger partial charge in [-0.2, -0.15) is 0 Å². The minimum absolute atomic E-state index is 0.0636. The van der Waals surface area contributed by atoms with Gasteiger partial charge in [0, 0.05) is 5.92 Å². The molecule has 0 aliphatic carbocycles. The Labute approximate surface area is 85.8 Å². The number of halogens is 1. The average Bonchev–Trinajstić information content (AvgIpc) is 2.99. The van der Waals surface area contributed by atoms with Crippen molar-refractivity contribution in [2.75, 3.05) is 13.2 Å². The van der Waals surface area contributed by atoms with Gasteiger partial charge < -0.3 is 9.47 Å². The Morgan fingerprint density at radius 3 is 2.71 bits per heavy atom. The standard InChI is InChI=1S/C11H21FO2/c1-3-5-6-9(4-2)11(12)14-8-10-7-13-10/h9-11H,3-8H2,1-2H3. The summed E-state index contributed by atoms with van der Waals surface area (Å²) in [5.41, 5.74) is 0. The Hall–Kier alpha value is -0.150. The molecule has 0 amide bonds. The third-order valence-corrected chi connectivity index (χ3v) is 2.67. The van der Waals surface area contributed by atoms with Gasteiger partial charge in [0.25, 0.3) is 0 Å². The van der Waals surface area contributed by atoms with Gasteiger partial charge in [-0.15, -0.1) is 0 Å². The quantitative estimate of drug-likeness (QED) is 0.567. The van der Waals surface area contributed by atoms with E-state index in [1.165, 1.54) is 0 Å². The molecule has 1 rings (SSSR count). The highest BCUT2D eigenvalue weighted by Gasteiger charge is 2.26. The fraction of sp³-hybridized carbons (Fsp3) is 1.00. The van der Waals surface area contributed by atoms with E-state index in [1.54, 1.807) is 0 Å². The van der Waals surface area contributed by atoms with Gasteiger partial charge in [0.1, 0.15) is 6.10 Å². The van der Waals surface area contributed by atoms with Crippen LogP contribution < -0.4 is 0 Å². The van der Waals surface area contributed by atoms with Crippen molar-refractivity contribution in [1.29, 1.82) is 0 Å². The van der Waals surface area contributed by atoms with E-state index < -0.39 is 6.36 Å². The smallest absolute Gasteiger partial charge is 0.201 e. The van der Waals surface area contributed by atoms with Crippen molar-refractivity contribution >= 4 is 0 Å². The predicted molar refractivity (Wildman–Crippen MR) is 53.9 cm³/mol. The summed E-state index contributed by atoms with van der Waals surface area (Å²) < 4.78 is 23.6. The van der Waals surface area contributed by atoms with Crippen molar-refractivity contribution in [3.05, 3.63) is 0 Å². The van der Waals surface area contributed by atoms with E-state index in [0.717, 1.165) is 32.3 Å². The first-order valence-electron chi connectivity index (χ1n) is 5.65. The summed E-state index contributed by atoms with van der Waals surface area (Å²) >= 11 is 0. The van der Waals surface area contributed by atoms with E-state index in [0.29, 0.717) is 6.61 Å². The van der Waals surface area contributed by atoms with Gasteiger partial charge in [0.2, 0.25) is 6.36 Å². The Morgan fingerprint density at radius 2 is 2.21 bits per heavy atom. The summed E-state index contributed by atoms with van der Waals surface area (Å²) in [5, 5.41) is 0. The lowest BCUT2D eigenvalue weighted by molar-refractivity contribution is -0.0844. The molecule has 0 saturated carbocycles. The molecule has 0 bridgehead atoms. The molecule has 1 saturated heterocycles. The molecule has 14 heavy (non-hydrogen) atoms. The molecule has 0 aromatic heterocycles. The van der Waals surface area contributed by atoms with Crippen molar-refractivity contribution in [3.8, 4) is 0 Å². The van der Waals surface area contributed by atoms with Gasteiger partial charge in [-0.3, -0.25) is 0 Å². The molecule has 0 aromatic rings. The first-order valence-corrected chi connectivity index (χ1v) is 5.65. The lowest BCUT2D eigenvalue weighted by Crippen LogP contribution is -2.21. The minimum Gasteiger partial charge on any atom is -0.371 e. The third-order valence-electron chi connectivity index (χ3n) is 2.67. The Kier molecular flexibility index (Phi) is 5.41. The summed E-state index contributed by atoms with van der Waals surface area (Å²) in [6, 6.07) is 0. The average molecular weight is 204 g/mol. The van der Waals surface area contributed by atoms with Crippen LogP contribution in [0.1, 0.15) is 39.5 Å². The zero-order valence-electron chi connectivity index (χ0n) is 9.17. The summed E-state index contributed by atoms with van der Waals surface area (Å²) in [4.78, 5) is 0. The summed E-state index contributed by atoms with van der Waals surface area (Å²) in [7, 11) is 0. The molecule has 2 nitrogen and oxygen atoms in total. The maximum absolute atomic E-state index is 13.5. The Morgan fingerprint density at radius 1 is 1.50 bits per heavy atom. The van der Waals surface area contributed by atoms with Crippen molar-refractivity contribution in [3.63, 3.8) is 0 Å². The van der Waals surface area contributed by atoms with E-state index in [9.17, 15) is 4.39 Å². The molecule has 0 radical (unpaired) electrons. The molecule has 84 valence electrons. The summed E-state index contributed by atoms with van der Waals surface area (Å²) in [6.45, 7) is 5.30. The van der Waals surface area contributed by atoms with Crippen molar-refractivity contribution in [2.45, 2.75) is 52.0 Å². The van der Waals surface area contributed by atoms with Crippen LogP contribution in [0.15, 0.2) is 0 Å². The van der Waals surface area contributed by atoms with Crippen LogP contribution in [0.5, 0.6) is 0 Å². The number of unbranched alkanes of at least 4 members (excludes halogenated alkanes) is 1. The zero-order valence-corrected chi connectivity index (χ0v) is 9.17. The van der Waals surface area contributed by atoms with Crippen molar-refractivity contribution in [1.82, 2.24) is 0 Å². The van der Waals surface area contributed by atoms with Gasteiger partial charge >= 0.3 is 0 Å². The lowest BCUT2D eigenvalue weighted by atomic mass is 9.99. The molecular weight excluding hydrogens is 183 g/mol. The van der Waals surface area contributed by atoms with Gasteiger partial charge in [-0.1, -0.05) is 26.7 Å². The number of epoxide rings is 1. The second-order valence-electron chi connectivity index (χ2n) is 3.95. The maximum atomic E-state index is 13.5. The van der Waals surface area contributed by atoms with E-state index >= 15 is 0 Å². The molecule has 1 fully saturated rings. The number of rotatable bonds is 8. The highest BCUT2D eigenvalue weighted by atomic mass is 19.1. The topological polar surface area (TPSA) is 21.8 Å². The third kappa shape index (κ3) is 4.38. The molecule has 3 unspecified atom stereocenters. The molecule has 0 spiro atoms. The van der Waals surface area contributed by atoms with E-state index in [-0.39, 0.29) is 12.0 Å². The molecule has 3 atom stereocenters. The second-order valence-corrected chi connectivity index (χ2v) is 3.95. The molecule has 0 N–H and O–H groups in total. The van der Waals surface area contributed by atoms with Gasteiger partial charge in [-0.05, 0) is 12.8 Å².